The molecule has 1 heterocycles. The number of benzene rings is 2. The van der Waals surface area contributed by atoms with Crippen LogP contribution in [0.5, 0.6) is 5.75 Å². The number of aromatic nitrogens is 1. The second-order valence-corrected chi connectivity index (χ2v) is 8.40. The van der Waals surface area contributed by atoms with Crippen molar-refractivity contribution in [1.82, 2.24) is 9.29 Å². The largest absolute Gasteiger partial charge is 0.416 e. The third-order valence-corrected chi connectivity index (χ3v) is 6.08. The first kappa shape index (κ1) is 20.8. The van der Waals surface area contributed by atoms with Gasteiger partial charge in [0.1, 0.15) is 4.90 Å². The van der Waals surface area contributed by atoms with Crippen LogP contribution in [0.15, 0.2) is 71.9 Å². The third kappa shape index (κ3) is 4.57. The highest BCUT2D eigenvalue weighted by molar-refractivity contribution is 7.89. The summed E-state index contributed by atoms with van der Waals surface area (Å²) < 4.78 is 65.3. The monoisotopic (exact) mass is 421 g/mol. The van der Waals surface area contributed by atoms with Gasteiger partial charge in [-0.15, -0.1) is 0 Å². The van der Waals surface area contributed by atoms with Gasteiger partial charge in [0.2, 0.25) is 10.0 Å². The van der Waals surface area contributed by atoms with Gasteiger partial charge in [-0.3, -0.25) is 10.1 Å². The molecule has 0 fully saturated rings. The standard InChI is InChI=1S/C20H16F3N2O3S/c1-25(29(27,28)17-6-3-9-24-12-17)13-14-4-2-5-15(10-14)18-11-16(20(21,22)23)7-8-19(18)26/h2-12H,13H2,1H3. The van der Waals surface area contributed by atoms with Crippen LogP contribution in [0, 0.1) is 0 Å². The highest BCUT2D eigenvalue weighted by atomic mass is 32.2. The Labute approximate surface area is 166 Å². The fraction of sp³-hybridized carbons (Fsp3) is 0.150. The van der Waals surface area contributed by atoms with E-state index < -0.39 is 27.5 Å². The van der Waals surface area contributed by atoms with Crippen LogP contribution >= 0.6 is 0 Å². The number of hydrogen-bond donors (Lipinski definition) is 0. The smallest absolute Gasteiger partial charge is 0.289 e. The number of hydrogen-bond acceptors (Lipinski definition) is 3. The van der Waals surface area contributed by atoms with Crippen molar-refractivity contribution in [1.29, 1.82) is 0 Å². The van der Waals surface area contributed by atoms with Crippen LogP contribution in [0.4, 0.5) is 13.2 Å². The predicted octanol–water partition coefficient (Wildman–Crippen LogP) is 4.73. The second-order valence-electron chi connectivity index (χ2n) is 6.36. The molecule has 0 unspecified atom stereocenters. The van der Waals surface area contributed by atoms with Crippen molar-refractivity contribution in [3.8, 4) is 16.9 Å². The Bertz CT molecular complexity index is 1120. The van der Waals surface area contributed by atoms with Gasteiger partial charge in [-0.1, -0.05) is 18.2 Å². The van der Waals surface area contributed by atoms with E-state index in [1.165, 1.54) is 43.7 Å². The first-order valence-corrected chi connectivity index (χ1v) is 9.87. The molecule has 0 bridgehead atoms. The molecule has 0 spiro atoms. The lowest BCUT2D eigenvalue weighted by molar-refractivity contribution is -0.137. The van der Waals surface area contributed by atoms with Crippen LogP contribution < -0.4 is 0 Å². The van der Waals surface area contributed by atoms with Crippen molar-refractivity contribution in [2.45, 2.75) is 17.6 Å². The minimum atomic E-state index is -4.57. The summed E-state index contributed by atoms with van der Waals surface area (Å²) in [6.07, 6.45) is -1.88. The number of nitrogens with zero attached hydrogens (tertiary/aromatic N) is 2. The Balaban J connectivity index is 1.91. The van der Waals surface area contributed by atoms with Gasteiger partial charge in [0, 0.05) is 31.5 Å². The molecule has 2 aromatic carbocycles. The molecule has 3 aromatic rings. The Morgan fingerprint density at radius 2 is 1.79 bits per heavy atom. The summed E-state index contributed by atoms with van der Waals surface area (Å²) in [4.78, 5) is 3.83. The van der Waals surface area contributed by atoms with Gasteiger partial charge in [0.25, 0.3) is 0 Å². The van der Waals surface area contributed by atoms with Gasteiger partial charge < -0.3 is 0 Å². The number of pyridine rings is 1. The van der Waals surface area contributed by atoms with E-state index in [9.17, 15) is 26.7 Å². The molecule has 29 heavy (non-hydrogen) atoms. The summed E-state index contributed by atoms with van der Waals surface area (Å²) in [5.41, 5.74) is -0.215. The van der Waals surface area contributed by atoms with E-state index in [0.717, 1.165) is 22.5 Å². The summed E-state index contributed by atoms with van der Waals surface area (Å²) >= 11 is 0. The van der Waals surface area contributed by atoms with Gasteiger partial charge in [-0.25, -0.2) is 8.42 Å². The molecule has 3 rings (SSSR count). The summed E-state index contributed by atoms with van der Waals surface area (Å²) in [5, 5.41) is 12.1. The molecule has 0 saturated carbocycles. The molecule has 0 amide bonds. The minimum Gasteiger partial charge on any atom is -0.289 e. The molecule has 0 aliphatic heterocycles. The van der Waals surface area contributed by atoms with Gasteiger partial charge in [0.05, 0.1) is 5.56 Å². The number of sulfonamides is 1. The number of halogens is 3. The van der Waals surface area contributed by atoms with Crippen LogP contribution in [0.1, 0.15) is 11.1 Å². The molecule has 5 nitrogen and oxygen atoms in total. The Hall–Kier alpha value is -2.91. The van der Waals surface area contributed by atoms with Crippen LogP contribution in [0.2, 0.25) is 0 Å². The lowest BCUT2D eigenvalue weighted by atomic mass is 10.00. The molecule has 0 saturated heterocycles. The van der Waals surface area contributed by atoms with Gasteiger partial charge >= 0.3 is 6.18 Å². The van der Waals surface area contributed by atoms with E-state index in [2.05, 4.69) is 4.98 Å². The maximum atomic E-state index is 13.0. The zero-order chi connectivity index (χ0) is 21.2. The van der Waals surface area contributed by atoms with E-state index in [1.807, 2.05) is 0 Å². The molecule has 151 valence electrons. The number of alkyl halides is 3. The quantitative estimate of drug-likeness (QED) is 0.598. The van der Waals surface area contributed by atoms with Crippen molar-refractivity contribution in [3.63, 3.8) is 0 Å². The summed E-state index contributed by atoms with van der Waals surface area (Å²) in [6, 6.07) is 11.6. The van der Waals surface area contributed by atoms with E-state index in [-0.39, 0.29) is 22.6 Å². The van der Waals surface area contributed by atoms with Crippen LogP contribution in [-0.4, -0.2) is 24.8 Å². The summed E-state index contributed by atoms with van der Waals surface area (Å²) in [6.45, 7) is -0.0295. The van der Waals surface area contributed by atoms with E-state index >= 15 is 0 Å². The molecule has 0 N–H and O–H groups in total. The van der Waals surface area contributed by atoms with Gasteiger partial charge in [-0.05, 0) is 47.5 Å². The van der Waals surface area contributed by atoms with E-state index in [1.54, 1.807) is 12.1 Å². The molecule has 0 aliphatic rings. The molecule has 1 aromatic heterocycles. The first-order valence-electron chi connectivity index (χ1n) is 8.43. The van der Waals surface area contributed by atoms with Gasteiger partial charge in [0.15, 0.2) is 5.75 Å². The highest BCUT2D eigenvalue weighted by Gasteiger charge is 2.31. The second kappa shape index (κ2) is 7.84. The highest BCUT2D eigenvalue weighted by Crippen LogP contribution is 2.37. The molecular weight excluding hydrogens is 405 g/mol. The normalized spacial score (nSPS) is 12.3. The van der Waals surface area contributed by atoms with Crippen molar-refractivity contribution in [2.75, 3.05) is 7.05 Å². The average molecular weight is 421 g/mol. The van der Waals surface area contributed by atoms with E-state index in [4.69, 9.17) is 0 Å². The van der Waals surface area contributed by atoms with Crippen LogP contribution in [-0.2, 0) is 27.9 Å². The topological polar surface area (TPSA) is 70.2 Å². The first-order chi connectivity index (χ1) is 13.6. The molecule has 1 radical (unpaired) electrons. The lowest BCUT2D eigenvalue weighted by Gasteiger charge is -2.17. The SMILES string of the molecule is CN(Cc1cccc(-c2cc(C(F)(F)F)ccc2[O])c1)S(=O)(=O)c1cccnc1. The molecule has 9 heteroatoms. The lowest BCUT2D eigenvalue weighted by Crippen LogP contribution is -2.26. The summed E-state index contributed by atoms with van der Waals surface area (Å²) in [7, 11) is -2.40. The zero-order valence-electron chi connectivity index (χ0n) is 15.2. The predicted molar refractivity (Wildman–Crippen MR) is 99.9 cm³/mol. The zero-order valence-corrected chi connectivity index (χ0v) is 16.0. The van der Waals surface area contributed by atoms with Crippen molar-refractivity contribution < 1.29 is 26.7 Å². The third-order valence-electron chi connectivity index (χ3n) is 4.29. The molecule has 0 aliphatic carbocycles. The fourth-order valence-corrected chi connectivity index (χ4v) is 3.91. The van der Waals surface area contributed by atoms with Crippen LogP contribution in [0.25, 0.3) is 11.1 Å². The van der Waals surface area contributed by atoms with Crippen molar-refractivity contribution in [3.05, 3.63) is 78.1 Å². The average Bonchev–Trinajstić information content (AvgIpc) is 2.68. The Morgan fingerprint density at radius 1 is 1.03 bits per heavy atom. The van der Waals surface area contributed by atoms with Crippen molar-refractivity contribution in [2.24, 2.45) is 0 Å². The van der Waals surface area contributed by atoms with Crippen LogP contribution in [0.3, 0.4) is 0 Å². The van der Waals surface area contributed by atoms with E-state index in [0.29, 0.717) is 5.56 Å². The number of rotatable bonds is 5. The maximum Gasteiger partial charge on any atom is 0.416 e. The molecule has 0 atom stereocenters. The minimum absolute atomic E-state index is 0.0263. The Morgan fingerprint density at radius 3 is 2.45 bits per heavy atom. The van der Waals surface area contributed by atoms with Crippen molar-refractivity contribution >= 4 is 10.0 Å². The maximum absolute atomic E-state index is 13.0. The Kier molecular flexibility index (Phi) is 5.63. The fourth-order valence-electron chi connectivity index (χ4n) is 2.79. The molecular formula is C20H16F3N2O3S. The van der Waals surface area contributed by atoms with Gasteiger partial charge in [-0.2, -0.15) is 17.5 Å². The summed E-state index contributed by atoms with van der Waals surface area (Å²) in [5.74, 6) is -0.550.